The summed E-state index contributed by atoms with van der Waals surface area (Å²) in [5.74, 6) is -0.684. The van der Waals surface area contributed by atoms with Crippen LogP contribution < -0.4 is 5.32 Å². The van der Waals surface area contributed by atoms with Crippen LogP contribution in [-0.2, 0) is 16.0 Å². The second kappa shape index (κ2) is 8.83. The second-order valence-electron chi connectivity index (χ2n) is 7.12. The van der Waals surface area contributed by atoms with Crippen molar-refractivity contribution in [2.75, 3.05) is 11.9 Å². The van der Waals surface area contributed by atoms with Gasteiger partial charge in [-0.3, -0.25) is 4.79 Å². The Bertz CT molecular complexity index is 1230. The number of hydrogen-bond acceptors (Lipinski definition) is 5. The number of nitrogens with one attached hydrogen (secondary N) is 1. The summed E-state index contributed by atoms with van der Waals surface area (Å²) < 4.78 is 11.1. The van der Waals surface area contributed by atoms with Crippen LogP contribution in [0.5, 0.6) is 0 Å². The third-order valence-corrected chi connectivity index (χ3v) is 5.01. The highest BCUT2D eigenvalue weighted by Crippen LogP contribution is 2.27. The van der Waals surface area contributed by atoms with Crippen molar-refractivity contribution in [3.63, 3.8) is 0 Å². The highest BCUT2D eigenvalue weighted by Gasteiger charge is 2.19. The van der Waals surface area contributed by atoms with Crippen molar-refractivity contribution < 1.29 is 18.7 Å². The molecule has 1 aromatic heterocycles. The quantitative estimate of drug-likeness (QED) is 0.441. The first-order valence-electron chi connectivity index (χ1n) is 10.1. The summed E-state index contributed by atoms with van der Waals surface area (Å²) in [5.41, 5.74) is 4.87. The van der Waals surface area contributed by atoms with Crippen LogP contribution in [0, 0.1) is 6.92 Å². The van der Waals surface area contributed by atoms with Crippen LogP contribution in [-0.4, -0.2) is 23.5 Å². The minimum Gasteiger partial charge on any atom is -0.452 e. The van der Waals surface area contributed by atoms with Gasteiger partial charge in [-0.1, -0.05) is 49.4 Å². The largest absolute Gasteiger partial charge is 0.452 e. The average molecular weight is 414 g/mol. The van der Waals surface area contributed by atoms with E-state index in [9.17, 15) is 9.59 Å². The number of anilines is 1. The number of amides is 1. The number of ether oxygens (including phenoxy) is 1. The zero-order chi connectivity index (χ0) is 21.8. The number of esters is 1. The van der Waals surface area contributed by atoms with Crippen molar-refractivity contribution >= 4 is 28.7 Å². The number of para-hydroxylation sites is 3. The van der Waals surface area contributed by atoms with Gasteiger partial charge in [0.25, 0.3) is 5.91 Å². The van der Waals surface area contributed by atoms with Crippen LogP contribution in [0.3, 0.4) is 0 Å². The lowest BCUT2D eigenvalue weighted by molar-refractivity contribution is -0.119. The van der Waals surface area contributed by atoms with E-state index in [1.165, 1.54) is 0 Å². The minimum atomic E-state index is -0.617. The average Bonchev–Trinajstić information content (AvgIpc) is 3.23. The molecule has 0 saturated carbocycles. The first-order valence-corrected chi connectivity index (χ1v) is 10.1. The predicted octanol–water partition coefficient (Wildman–Crippen LogP) is 5.16. The molecular formula is C25H22N2O4. The molecule has 0 aliphatic rings. The van der Waals surface area contributed by atoms with Crippen LogP contribution in [0.15, 0.2) is 71.1 Å². The molecule has 0 radical (unpaired) electrons. The zero-order valence-corrected chi connectivity index (χ0v) is 17.3. The molecular weight excluding hydrogens is 392 g/mol. The predicted molar refractivity (Wildman–Crippen MR) is 119 cm³/mol. The van der Waals surface area contributed by atoms with E-state index in [1.54, 1.807) is 24.3 Å². The van der Waals surface area contributed by atoms with Crippen LogP contribution in [0.4, 0.5) is 5.69 Å². The third-order valence-electron chi connectivity index (χ3n) is 5.01. The van der Waals surface area contributed by atoms with Gasteiger partial charge in [-0.05, 0) is 48.7 Å². The second-order valence-corrected chi connectivity index (χ2v) is 7.12. The molecule has 0 aliphatic carbocycles. The maximum Gasteiger partial charge on any atom is 0.339 e. The number of benzene rings is 3. The van der Waals surface area contributed by atoms with Crippen LogP contribution >= 0.6 is 0 Å². The number of oxazole rings is 1. The molecule has 156 valence electrons. The fraction of sp³-hybridized carbons (Fsp3) is 0.160. The van der Waals surface area contributed by atoms with E-state index in [-0.39, 0.29) is 5.56 Å². The molecule has 0 spiro atoms. The topological polar surface area (TPSA) is 81.4 Å². The van der Waals surface area contributed by atoms with Gasteiger partial charge in [0.05, 0.1) is 11.1 Å². The lowest BCUT2D eigenvalue weighted by Gasteiger charge is -2.13. The molecule has 3 aromatic carbocycles. The highest BCUT2D eigenvalue weighted by atomic mass is 16.5. The number of hydrogen-bond donors (Lipinski definition) is 1. The number of aryl methyl sites for hydroxylation is 2. The number of carbonyl (C=O) groups is 2. The van der Waals surface area contributed by atoms with Crippen LogP contribution in [0.25, 0.3) is 22.6 Å². The van der Waals surface area contributed by atoms with Gasteiger partial charge in [-0.15, -0.1) is 0 Å². The Labute approximate surface area is 179 Å². The number of nitrogens with zero attached hydrogens (tertiary/aromatic N) is 1. The van der Waals surface area contributed by atoms with E-state index in [2.05, 4.69) is 10.3 Å². The minimum absolute atomic E-state index is 0.284. The lowest BCUT2D eigenvalue weighted by Crippen LogP contribution is -2.22. The van der Waals surface area contributed by atoms with Gasteiger partial charge >= 0.3 is 5.97 Å². The Balaban J connectivity index is 1.49. The summed E-state index contributed by atoms with van der Waals surface area (Å²) in [6.07, 6.45) is 0.787. The molecule has 0 bridgehead atoms. The first kappa shape index (κ1) is 20.3. The van der Waals surface area contributed by atoms with Crippen molar-refractivity contribution in [2.45, 2.75) is 20.3 Å². The van der Waals surface area contributed by atoms with E-state index < -0.39 is 18.5 Å². The van der Waals surface area contributed by atoms with Gasteiger partial charge in [-0.25, -0.2) is 9.78 Å². The molecule has 4 aromatic rings. The van der Waals surface area contributed by atoms with Crippen molar-refractivity contribution in [2.24, 2.45) is 0 Å². The van der Waals surface area contributed by atoms with Crippen LogP contribution in [0.1, 0.15) is 28.4 Å². The van der Waals surface area contributed by atoms with E-state index in [1.807, 2.05) is 56.3 Å². The standard InChI is InChI=1S/C25H22N2O4/c1-3-17-10-8-9-16(2)23(17)27-22(28)15-30-25(29)19-12-5-4-11-18(19)24-26-20-13-6-7-14-21(20)31-24/h4-14H,3,15H2,1-2H3,(H,27,28). The summed E-state index contributed by atoms with van der Waals surface area (Å²) in [5, 5.41) is 2.85. The van der Waals surface area contributed by atoms with E-state index in [0.717, 1.165) is 23.2 Å². The number of carbonyl (C=O) groups excluding carboxylic acids is 2. The van der Waals surface area contributed by atoms with Gasteiger partial charge < -0.3 is 14.5 Å². The molecule has 1 heterocycles. The van der Waals surface area contributed by atoms with Gasteiger partial charge in [0.15, 0.2) is 12.2 Å². The molecule has 1 N–H and O–H groups in total. The molecule has 6 heteroatoms. The number of aromatic nitrogens is 1. The summed E-state index contributed by atoms with van der Waals surface area (Å²) >= 11 is 0. The lowest BCUT2D eigenvalue weighted by atomic mass is 10.1. The number of fused-ring (bicyclic) bond motifs is 1. The molecule has 0 aliphatic heterocycles. The normalized spacial score (nSPS) is 10.8. The van der Waals surface area contributed by atoms with E-state index in [0.29, 0.717) is 22.6 Å². The summed E-state index contributed by atoms with van der Waals surface area (Å²) in [6.45, 7) is 3.56. The summed E-state index contributed by atoms with van der Waals surface area (Å²) in [4.78, 5) is 29.6. The van der Waals surface area contributed by atoms with E-state index >= 15 is 0 Å². The summed E-state index contributed by atoms with van der Waals surface area (Å²) in [7, 11) is 0. The van der Waals surface area contributed by atoms with E-state index in [4.69, 9.17) is 9.15 Å². The van der Waals surface area contributed by atoms with Gasteiger partial charge in [0.2, 0.25) is 5.89 Å². The molecule has 0 saturated heterocycles. The molecule has 31 heavy (non-hydrogen) atoms. The molecule has 0 unspecified atom stereocenters. The van der Waals surface area contributed by atoms with Crippen LogP contribution in [0.2, 0.25) is 0 Å². The van der Waals surface area contributed by atoms with Crippen molar-refractivity contribution in [1.29, 1.82) is 0 Å². The fourth-order valence-corrected chi connectivity index (χ4v) is 3.42. The third kappa shape index (κ3) is 4.33. The smallest absolute Gasteiger partial charge is 0.339 e. The van der Waals surface area contributed by atoms with Gasteiger partial charge in [0, 0.05) is 5.69 Å². The molecule has 0 atom stereocenters. The first-order chi connectivity index (χ1) is 15.1. The Kier molecular flexibility index (Phi) is 5.80. The van der Waals surface area contributed by atoms with Crippen molar-refractivity contribution in [3.05, 3.63) is 83.4 Å². The van der Waals surface area contributed by atoms with Crippen molar-refractivity contribution in [3.8, 4) is 11.5 Å². The maximum absolute atomic E-state index is 12.7. The Morgan fingerprint density at radius 2 is 1.77 bits per heavy atom. The molecule has 4 rings (SSSR count). The molecule has 6 nitrogen and oxygen atoms in total. The molecule has 0 fully saturated rings. The SMILES string of the molecule is CCc1cccc(C)c1NC(=O)COC(=O)c1ccccc1-c1nc2ccccc2o1. The highest BCUT2D eigenvalue weighted by molar-refractivity contribution is 5.99. The number of rotatable bonds is 6. The summed E-state index contributed by atoms with van der Waals surface area (Å²) in [6, 6.07) is 20.1. The Hall–Kier alpha value is -3.93. The van der Waals surface area contributed by atoms with Gasteiger partial charge in [0.1, 0.15) is 5.52 Å². The van der Waals surface area contributed by atoms with Gasteiger partial charge in [-0.2, -0.15) is 0 Å². The Morgan fingerprint density at radius 1 is 1.00 bits per heavy atom. The monoisotopic (exact) mass is 414 g/mol. The maximum atomic E-state index is 12.7. The van der Waals surface area contributed by atoms with Crippen molar-refractivity contribution in [1.82, 2.24) is 4.98 Å². The molecule has 1 amide bonds. The fourth-order valence-electron chi connectivity index (χ4n) is 3.42. The Morgan fingerprint density at radius 3 is 2.58 bits per heavy atom. The zero-order valence-electron chi connectivity index (χ0n) is 17.3.